The summed E-state index contributed by atoms with van der Waals surface area (Å²) >= 11 is 4.48. The highest BCUT2D eigenvalue weighted by molar-refractivity contribution is 7.80. The Hall–Kier alpha value is -3.89. The van der Waals surface area contributed by atoms with Gasteiger partial charge in [0.05, 0.1) is 10.8 Å². The first-order valence-corrected chi connectivity index (χ1v) is 18.3. The molecule has 0 atom stereocenters. The van der Waals surface area contributed by atoms with E-state index in [0.717, 1.165) is 50.8 Å². The number of nitrogens with zero attached hydrogens (tertiary/aromatic N) is 2. The number of fused-ring (bicyclic) bond motifs is 3. The van der Waals surface area contributed by atoms with E-state index in [0.29, 0.717) is 6.42 Å². The van der Waals surface area contributed by atoms with Gasteiger partial charge in [0.15, 0.2) is 5.71 Å². The van der Waals surface area contributed by atoms with Crippen molar-refractivity contribution < 1.29 is 9.37 Å². The fourth-order valence-electron chi connectivity index (χ4n) is 7.41. The minimum absolute atomic E-state index is 0.0894. The van der Waals surface area contributed by atoms with Crippen molar-refractivity contribution in [3.8, 4) is 0 Å². The number of unbranched alkanes of at least 4 members (excludes halogenated alkanes) is 3. The predicted molar refractivity (Wildman–Crippen MR) is 210 cm³/mol. The summed E-state index contributed by atoms with van der Waals surface area (Å²) < 4.78 is 2.55. The van der Waals surface area contributed by atoms with Gasteiger partial charge in [-0.25, -0.2) is 0 Å². The number of benzene rings is 3. The van der Waals surface area contributed by atoms with Crippen molar-refractivity contribution in [3.63, 3.8) is 0 Å². The van der Waals surface area contributed by atoms with E-state index in [2.05, 4.69) is 167 Å². The predicted octanol–water partition coefficient (Wildman–Crippen LogP) is 10.9. The lowest BCUT2D eigenvalue weighted by Gasteiger charge is -2.29. The lowest BCUT2D eigenvalue weighted by molar-refractivity contribution is -0.436. The summed E-state index contributed by atoms with van der Waals surface area (Å²) in [6.45, 7) is 15.7. The SMILES string of the molecule is CC1=C(c2ccccc2C)N(CCCCC=O)/C(=C/C=C/C=C/C=C/C2=[N+](CCCCS)c3c(ccc4ccccc34)C2(C)C)C1(C)C. The van der Waals surface area contributed by atoms with Gasteiger partial charge in [0.1, 0.15) is 12.8 Å². The van der Waals surface area contributed by atoms with Crippen LogP contribution in [0.3, 0.4) is 0 Å². The van der Waals surface area contributed by atoms with E-state index >= 15 is 0 Å². The molecule has 2 heterocycles. The second-order valence-corrected chi connectivity index (χ2v) is 14.6. The van der Waals surface area contributed by atoms with Crippen molar-refractivity contribution in [1.82, 2.24) is 4.90 Å². The summed E-state index contributed by atoms with van der Waals surface area (Å²) in [5.41, 5.74) is 10.5. The van der Waals surface area contributed by atoms with E-state index in [1.807, 2.05) is 0 Å². The number of thiol groups is 1. The van der Waals surface area contributed by atoms with Gasteiger partial charge in [-0.3, -0.25) is 0 Å². The van der Waals surface area contributed by atoms with Crippen LogP contribution in [-0.4, -0.2) is 40.3 Å². The third kappa shape index (κ3) is 7.10. The lowest BCUT2D eigenvalue weighted by atomic mass is 9.80. The molecular formula is C44H53N2OS+. The fourth-order valence-corrected chi connectivity index (χ4v) is 7.63. The van der Waals surface area contributed by atoms with Crippen LogP contribution in [0.25, 0.3) is 16.5 Å². The zero-order valence-electron chi connectivity index (χ0n) is 29.8. The monoisotopic (exact) mass is 657 g/mol. The molecule has 0 N–H and O–H groups in total. The van der Waals surface area contributed by atoms with Gasteiger partial charge < -0.3 is 9.69 Å². The third-order valence-corrected chi connectivity index (χ3v) is 10.7. The van der Waals surface area contributed by atoms with Gasteiger partial charge in [-0.15, -0.1) is 0 Å². The maximum absolute atomic E-state index is 11.0. The van der Waals surface area contributed by atoms with Crippen LogP contribution in [0.2, 0.25) is 0 Å². The van der Waals surface area contributed by atoms with Crippen molar-refractivity contribution in [2.45, 2.75) is 79.1 Å². The van der Waals surface area contributed by atoms with Gasteiger partial charge in [-0.1, -0.05) is 98.8 Å². The van der Waals surface area contributed by atoms with E-state index < -0.39 is 0 Å². The summed E-state index contributed by atoms with van der Waals surface area (Å²) in [6.07, 6.45) is 21.1. The van der Waals surface area contributed by atoms with E-state index in [4.69, 9.17) is 0 Å². The minimum Gasteiger partial charge on any atom is -0.344 e. The molecule has 2 aliphatic rings. The van der Waals surface area contributed by atoms with E-state index in [1.165, 1.54) is 55.8 Å². The first-order chi connectivity index (χ1) is 23.1. The summed E-state index contributed by atoms with van der Waals surface area (Å²) in [4.78, 5) is 13.5. The molecule has 0 aliphatic carbocycles. The summed E-state index contributed by atoms with van der Waals surface area (Å²) in [5.74, 6) is 0.911. The largest absolute Gasteiger partial charge is 0.344 e. The smallest absolute Gasteiger partial charge is 0.217 e. The average Bonchev–Trinajstić information content (AvgIpc) is 3.40. The Bertz CT molecular complexity index is 1830. The minimum atomic E-state index is -0.101. The molecule has 3 aromatic rings. The maximum Gasteiger partial charge on any atom is 0.217 e. The fraction of sp³-hybridized carbons (Fsp3) is 0.364. The topological polar surface area (TPSA) is 23.3 Å². The Labute approximate surface area is 294 Å². The highest BCUT2D eigenvalue weighted by Gasteiger charge is 2.45. The molecule has 0 saturated heterocycles. The highest BCUT2D eigenvalue weighted by atomic mass is 32.1. The molecule has 0 saturated carbocycles. The molecule has 0 fully saturated rings. The van der Waals surface area contributed by atoms with Crippen molar-refractivity contribution in [2.24, 2.45) is 5.41 Å². The second-order valence-electron chi connectivity index (χ2n) is 14.2. The Balaban J connectivity index is 1.40. The highest BCUT2D eigenvalue weighted by Crippen LogP contribution is 2.50. The molecule has 5 rings (SSSR count). The molecule has 0 spiro atoms. The van der Waals surface area contributed by atoms with Gasteiger partial charge >= 0.3 is 0 Å². The summed E-state index contributed by atoms with van der Waals surface area (Å²) in [5, 5.41) is 2.61. The molecule has 0 amide bonds. The molecular weight excluding hydrogens is 605 g/mol. The molecule has 4 heteroatoms. The molecule has 0 bridgehead atoms. The van der Waals surface area contributed by atoms with Gasteiger partial charge in [-0.05, 0) is 81.4 Å². The Morgan fingerprint density at radius 2 is 1.52 bits per heavy atom. The summed E-state index contributed by atoms with van der Waals surface area (Å²) in [7, 11) is 0. The zero-order chi connectivity index (χ0) is 34.3. The zero-order valence-corrected chi connectivity index (χ0v) is 30.7. The number of hydrogen-bond acceptors (Lipinski definition) is 3. The van der Waals surface area contributed by atoms with Crippen LogP contribution in [0.5, 0.6) is 0 Å². The molecule has 3 aromatic carbocycles. The van der Waals surface area contributed by atoms with Gasteiger partial charge in [0.2, 0.25) is 5.69 Å². The van der Waals surface area contributed by atoms with E-state index in [1.54, 1.807) is 0 Å². The van der Waals surface area contributed by atoms with Crippen LogP contribution in [-0.2, 0) is 10.2 Å². The number of aryl methyl sites for hydroxylation is 1. The number of hydrogen-bond donors (Lipinski definition) is 1. The second kappa shape index (κ2) is 15.6. The molecule has 0 unspecified atom stereocenters. The maximum atomic E-state index is 11.0. The van der Waals surface area contributed by atoms with Crippen LogP contribution in [0.4, 0.5) is 5.69 Å². The number of allylic oxidation sites excluding steroid dienone is 8. The average molecular weight is 658 g/mol. The van der Waals surface area contributed by atoms with Crippen LogP contribution in [0.1, 0.15) is 83.4 Å². The van der Waals surface area contributed by atoms with E-state index in [9.17, 15) is 4.79 Å². The molecule has 250 valence electrons. The molecule has 48 heavy (non-hydrogen) atoms. The Morgan fingerprint density at radius 1 is 0.792 bits per heavy atom. The first-order valence-electron chi connectivity index (χ1n) is 17.6. The number of carbonyl (C=O) groups is 1. The molecule has 0 radical (unpaired) electrons. The Kier molecular flexibility index (Phi) is 11.5. The van der Waals surface area contributed by atoms with Crippen LogP contribution >= 0.6 is 12.6 Å². The lowest BCUT2D eigenvalue weighted by Crippen LogP contribution is -2.27. The van der Waals surface area contributed by atoms with Crippen LogP contribution < -0.4 is 0 Å². The Morgan fingerprint density at radius 3 is 2.29 bits per heavy atom. The van der Waals surface area contributed by atoms with Crippen molar-refractivity contribution in [2.75, 3.05) is 18.8 Å². The third-order valence-electron chi connectivity index (χ3n) is 10.4. The molecule has 2 aliphatic heterocycles. The van der Waals surface area contributed by atoms with Gasteiger partial charge in [-0.2, -0.15) is 17.2 Å². The van der Waals surface area contributed by atoms with Crippen molar-refractivity contribution >= 4 is 46.8 Å². The van der Waals surface area contributed by atoms with Gasteiger partial charge in [0, 0.05) is 53.4 Å². The standard InChI is InChI=1S/C44H52N2OS/c1-33-21-13-15-23-36(33)41-34(2)43(3,4)39(45(41)29-17-10-19-31-47)25-11-8-7-9-12-26-40-44(5,6)38-28-27-35-22-14-16-24-37(35)42(38)46(40)30-18-20-32-48/h7-9,11-16,21-28,31H,10,17-20,29-30,32H2,1-6H3/p+1. The molecule has 0 aromatic heterocycles. The van der Waals surface area contributed by atoms with Crippen LogP contribution in [0, 0.1) is 12.3 Å². The van der Waals surface area contributed by atoms with Gasteiger partial charge in [0.25, 0.3) is 0 Å². The van der Waals surface area contributed by atoms with Crippen molar-refractivity contribution in [1.29, 1.82) is 0 Å². The van der Waals surface area contributed by atoms with Crippen LogP contribution in [0.15, 0.2) is 114 Å². The summed E-state index contributed by atoms with van der Waals surface area (Å²) in [6, 6.07) is 22.0. The number of aldehydes is 1. The first kappa shape index (κ1) is 35.4. The number of rotatable bonds is 14. The van der Waals surface area contributed by atoms with Crippen molar-refractivity contribution in [3.05, 3.63) is 131 Å². The normalized spacial score (nSPS) is 18.1. The van der Waals surface area contributed by atoms with E-state index in [-0.39, 0.29) is 10.8 Å². The molecule has 3 nitrogen and oxygen atoms in total. The quantitative estimate of drug-likeness (QED) is 0.0613. The number of carbonyl (C=O) groups excluding carboxylic acids is 1.